The molecule has 0 saturated carbocycles. The fraction of sp³-hybridized carbons (Fsp3) is 0. The van der Waals surface area contributed by atoms with Crippen LogP contribution in [0.4, 0.5) is 0 Å². The maximum atomic E-state index is 9.66. The summed E-state index contributed by atoms with van der Waals surface area (Å²) in [7, 11) is 0. The molecule has 0 saturated heterocycles. The third-order valence-corrected chi connectivity index (χ3v) is 0.458. The van der Waals surface area contributed by atoms with Crippen molar-refractivity contribution in [1.82, 2.24) is 20.3 Å². The molecule has 1 heterocycles. The number of tetrazole rings is 1. The number of nitro groups is 1. The molecule has 0 fully saturated rings. The first-order chi connectivity index (χ1) is 3.80. The molecule has 0 aliphatic carbocycles. The summed E-state index contributed by atoms with van der Waals surface area (Å²) in [5.74, 6) is 0. The lowest BCUT2D eigenvalue weighted by Gasteiger charge is -1.81. The van der Waals surface area contributed by atoms with E-state index < -0.39 is 5.03 Å². The van der Waals surface area contributed by atoms with Crippen molar-refractivity contribution >= 4 is 0 Å². The van der Waals surface area contributed by atoms with E-state index in [1.807, 2.05) is 6.33 Å². The summed E-state index contributed by atoms with van der Waals surface area (Å²) >= 11 is 0. The van der Waals surface area contributed by atoms with Gasteiger partial charge in [-0.1, -0.05) is 5.10 Å². The van der Waals surface area contributed by atoms with E-state index in [-0.39, 0.29) is 0 Å². The fourth-order valence-corrected chi connectivity index (χ4v) is 0.207. The van der Waals surface area contributed by atoms with Gasteiger partial charge in [0.15, 0.2) is 0 Å². The van der Waals surface area contributed by atoms with Crippen LogP contribution < -0.4 is 0 Å². The fourth-order valence-electron chi connectivity index (χ4n) is 0.207. The van der Waals surface area contributed by atoms with Crippen LogP contribution in [0.5, 0.6) is 0 Å². The summed E-state index contributed by atoms with van der Waals surface area (Å²) in [6.07, 6.45) is 1.88. The highest BCUT2D eigenvalue weighted by molar-refractivity contribution is 4.27. The maximum Gasteiger partial charge on any atom is 0.301 e. The molecule has 41 valence electrons. The van der Waals surface area contributed by atoms with Crippen molar-refractivity contribution in [3.8, 4) is 0 Å². The third-order valence-electron chi connectivity index (χ3n) is 0.458. The van der Waals surface area contributed by atoms with Crippen molar-refractivity contribution in [2.75, 3.05) is 0 Å². The Morgan fingerprint density at radius 2 is 2.50 bits per heavy atom. The van der Waals surface area contributed by atoms with Gasteiger partial charge in [0.1, 0.15) is 5.21 Å². The molecule has 8 heavy (non-hydrogen) atoms. The van der Waals surface area contributed by atoms with Gasteiger partial charge in [-0.3, -0.25) is 0 Å². The largest absolute Gasteiger partial charge is 0.339 e. The minimum Gasteiger partial charge on any atom is -0.339 e. The minimum absolute atomic E-state index is 0.292. The molecule has 0 aliphatic rings. The minimum atomic E-state index is -0.792. The Labute approximate surface area is 43.0 Å². The second-order valence-corrected chi connectivity index (χ2v) is 0.906. The summed E-state index contributed by atoms with van der Waals surface area (Å²) in [6.45, 7) is 0. The summed E-state index contributed by atoms with van der Waals surface area (Å²) in [4.78, 5) is 9.95. The first-order valence-corrected chi connectivity index (χ1v) is 1.61. The van der Waals surface area contributed by atoms with Crippen LogP contribution in [0.2, 0.25) is 0 Å². The van der Waals surface area contributed by atoms with Crippen LogP contribution in [0.1, 0.15) is 0 Å². The Bertz CT molecular complexity index is 178. The lowest BCUT2D eigenvalue weighted by atomic mass is 11.4. The van der Waals surface area contributed by atoms with Gasteiger partial charge in [-0.25, -0.2) is 0 Å². The summed E-state index contributed by atoms with van der Waals surface area (Å²) in [6, 6.07) is 0. The quantitative estimate of drug-likeness (QED) is 0.328. The Kier molecular flexibility index (Phi) is 0.881. The van der Waals surface area contributed by atoms with Crippen molar-refractivity contribution in [3.63, 3.8) is 0 Å². The second-order valence-electron chi connectivity index (χ2n) is 0.906. The van der Waals surface area contributed by atoms with E-state index in [0.717, 1.165) is 0 Å². The molecule has 0 N–H and O–H groups in total. The van der Waals surface area contributed by atoms with E-state index >= 15 is 0 Å². The molecule has 7 nitrogen and oxygen atoms in total. The number of nitrogens with zero attached hydrogens (tertiary/aromatic N) is 5. The molecule has 0 spiro atoms. The molecule has 1 aromatic rings. The molecule has 0 aliphatic heterocycles. The zero-order chi connectivity index (χ0) is 5.98. The first kappa shape index (κ1) is 4.62. The van der Waals surface area contributed by atoms with E-state index in [2.05, 4.69) is 15.5 Å². The SMILES string of the molecule is O=[N+]([O-])n1[c]nnn1. The standard InChI is InChI=1S/CN5O2/c7-6(8)5-1-2-3-4-5. The van der Waals surface area contributed by atoms with Crippen LogP contribution in [0.15, 0.2) is 0 Å². The van der Waals surface area contributed by atoms with Crippen molar-refractivity contribution in [3.05, 3.63) is 16.4 Å². The van der Waals surface area contributed by atoms with E-state index in [1.165, 1.54) is 0 Å². The molecule has 7 heteroatoms. The van der Waals surface area contributed by atoms with E-state index in [4.69, 9.17) is 0 Å². The molecule has 0 aromatic carbocycles. The molecule has 1 radical (unpaired) electrons. The molecule has 1 aromatic heterocycles. The van der Waals surface area contributed by atoms with Gasteiger partial charge in [0.25, 0.3) is 0 Å². The predicted octanol–water partition coefficient (Wildman–Crippen LogP) is -1.49. The Morgan fingerprint density at radius 3 is 2.75 bits per heavy atom. The summed E-state index contributed by atoms with van der Waals surface area (Å²) in [5, 5.41) is 17.7. The van der Waals surface area contributed by atoms with Crippen LogP contribution in [0.25, 0.3) is 0 Å². The highest BCUT2D eigenvalue weighted by atomic mass is 16.7. The maximum absolute atomic E-state index is 9.66. The summed E-state index contributed by atoms with van der Waals surface area (Å²) < 4.78 is 0. The number of hydrogen-bond donors (Lipinski definition) is 0. The van der Waals surface area contributed by atoms with Gasteiger partial charge in [0, 0.05) is 0 Å². The van der Waals surface area contributed by atoms with E-state index in [0.29, 0.717) is 4.79 Å². The second kappa shape index (κ2) is 1.52. The number of rotatable bonds is 1. The predicted molar refractivity (Wildman–Crippen MR) is 19.0 cm³/mol. The zero-order valence-electron chi connectivity index (χ0n) is 3.55. The van der Waals surface area contributed by atoms with Gasteiger partial charge in [-0.15, -0.1) is 0 Å². The molecule has 0 bridgehead atoms. The van der Waals surface area contributed by atoms with Crippen LogP contribution in [-0.4, -0.2) is 25.3 Å². The molecule has 0 amide bonds. The molecule has 0 atom stereocenters. The van der Waals surface area contributed by atoms with E-state index in [9.17, 15) is 10.1 Å². The van der Waals surface area contributed by atoms with Gasteiger partial charge in [0.05, 0.1) is 9.82 Å². The smallest absolute Gasteiger partial charge is 0.301 e. The first-order valence-electron chi connectivity index (χ1n) is 1.61. The lowest BCUT2D eigenvalue weighted by Crippen LogP contribution is -2.08. The van der Waals surface area contributed by atoms with Gasteiger partial charge >= 0.3 is 6.33 Å². The van der Waals surface area contributed by atoms with Gasteiger partial charge in [-0.05, 0) is 0 Å². The normalized spacial score (nSPS) is 9.00. The van der Waals surface area contributed by atoms with Gasteiger partial charge in [-0.2, -0.15) is 0 Å². The highest BCUT2D eigenvalue weighted by Crippen LogP contribution is 1.68. The topological polar surface area (TPSA) is 86.7 Å². The van der Waals surface area contributed by atoms with Crippen molar-refractivity contribution < 1.29 is 5.03 Å². The average molecular weight is 114 g/mol. The molecular weight excluding hydrogens is 114 g/mol. The van der Waals surface area contributed by atoms with Crippen molar-refractivity contribution in [2.45, 2.75) is 0 Å². The van der Waals surface area contributed by atoms with Crippen LogP contribution in [0, 0.1) is 16.4 Å². The van der Waals surface area contributed by atoms with Crippen LogP contribution >= 0.6 is 0 Å². The molecule has 1 rings (SSSR count). The van der Waals surface area contributed by atoms with Gasteiger partial charge < -0.3 is 10.1 Å². The number of hydrogen-bond acceptors (Lipinski definition) is 5. The third kappa shape index (κ3) is 0.600. The average Bonchev–Trinajstić information content (AvgIpc) is 2.12. The number of aromatic nitrogens is 4. The molecular formula is CN5O2. The Morgan fingerprint density at radius 1 is 1.75 bits per heavy atom. The Balaban J connectivity index is 2.93. The molecule has 0 unspecified atom stereocenters. The summed E-state index contributed by atoms with van der Waals surface area (Å²) in [5.41, 5.74) is 0. The van der Waals surface area contributed by atoms with Crippen molar-refractivity contribution in [2.24, 2.45) is 0 Å². The van der Waals surface area contributed by atoms with Gasteiger partial charge in [0.2, 0.25) is 5.21 Å². The zero-order valence-corrected chi connectivity index (χ0v) is 3.55. The highest BCUT2D eigenvalue weighted by Gasteiger charge is 2.00. The van der Waals surface area contributed by atoms with Crippen LogP contribution in [0.3, 0.4) is 0 Å². The lowest BCUT2D eigenvalue weighted by molar-refractivity contribution is -0.554. The monoisotopic (exact) mass is 114 g/mol. The van der Waals surface area contributed by atoms with E-state index in [1.54, 1.807) is 0 Å². The Hall–Kier alpha value is -1.53. The van der Waals surface area contributed by atoms with Crippen molar-refractivity contribution in [1.29, 1.82) is 0 Å². The van der Waals surface area contributed by atoms with Crippen LogP contribution in [-0.2, 0) is 0 Å².